The second-order valence-electron chi connectivity index (χ2n) is 9.10. The molecule has 120 valence electrons. The maximum absolute atomic E-state index is 3.46. The molecule has 2 nitrogen and oxygen atoms in total. The Morgan fingerprint density at radius 3 is 2.95 bits per heavy atom. The predicted molar refractivity (Wildman–Crippen MR) is 93.4 cm³/mol. The van der Waals surface area contributed by atoms with Crippen molar-refractivity contribution in [3.05, 3.63) is 29.3 Å². The van der Waals surface area contributed by atoms with Crippen LogP contribution in [0.1, 0.15) is 51.2 Å². The molecule has 2 heterocycles. The van der Waals surface area contributed by atoms with Crippen molar-refractivity contribution in [2.45, 2.75) is 58.9 Å². The smallest absolute Gasteiger partial charge is 0.0373 e. The molecule has 0 aromatic heterocycles. The van der Waals surface area contributed by atoms with Gasteiger partial charge in [0.1, 0.15) is 0 Å². The molecule has 2 atom stereocenters. The summed E-state index contributed by atoms with van der Waals surface area (Å²) in [5, 5.41) is 3.46. The van der Waals surface area contributed by atoms with Crippen molar-refractivity contribution in [3.63, 3.8) is 0 Å². The van der Waals surface area contributed by atoms with E-state index in [0.29, 0.717) is 10.8 Å². The first-order valence-electron chi connectivity index (χ1n) is 9.02. The molecule has 2 unspecified atom stereocenters. The highest BCUT2D eigenvalue weighted by atomic mass is 15.2. The number of hydrogen-bond acceptors (Lipinski definition) is 2. The Bertz CT molecular complexity index is 577. The number of benzene rings is 1. The topological polar surface area (TPSA) is 15.3 Å². The zero-order valence-electron chi connectivity index (χ0n) is 14.4. The number of nitrogens with one attached hydrogen (secondary N) is 1. The van der Waals surface area contributed by atoms with Gasteiger partial charge in [0.2, 0.25) is 0 Å². The van der Waals surface area contributed by atoms with E-state index in [-0.39, 0.29) is 0 Å². The fraction of sp³-hybridized carbons (Fsp3) is 0.700. The maximum atomic E-state index is 3.46. The molecule has 1 N–H and O–H groups in total. The molecule has 4 rings (SSSR count). The summed E-state index contributed by atoms with van der Waals surface area (Å²) in [6.45, 7) is 11.1. The van der Waals surface area contributed by atoms with Crippen LogP contribution in [0.3, 0.4) is 0 Å². The average molecular weight is 298 g/mol. The molecule has 1 aliphatic carbocycles. The second kappa shape index (κ2) is 4.99. The molecule has 2 bridgehead atoms. The van der Waals surface area contributed by atoms with E-state index in [0.717, 1.165) is 12.6 Å². The molecule has 1 saturated carbocycles. The Kier molecular flexibility index (Phi) is 3.30. The fourth-order valence-electron chi connectivity index (χ4n) is 5.62. The van der Waals surface area contributed by atoms with E-state index in [1.54, 1.807) is 0 Å². The zero-order valence-corrected chi connectivity index (χ0v) is 14.4. The molecule has 1 saturated heterocycles. The molecule has 0 radical (unpaired) electrons. The largest absolute Gasteiger partial charge is 0.384 e. The highest BCUT2D eigenvalue weighted by Gasteiger charge is 2.49. The third-order valence-corrected chi connectivity index (χ3v) is 6.09. The monoisotopic (exact) mass is 298 g/mol. The van der Waals surface area contributed by atoms with Gasteiger partial charge in [-0.25, -0.2) is 0 Å². The Labute approximate surface area is 135 Å². The molecule has 1 aromatic rings. The van der Waals surface area contributed by atoms with E-state index in [1.807, 2.05) is 0 Å². The molecule has 0 amide bonds. The van der Waals surface area contributed by atoms with Crippen molar-refractivity contribution in [1.82, 2.24) is 4.90 Å². The maximum Gasteiger partial charge on any atom is 0.0373 e. The molecule has 0 spiro atoms. The Morgan fingerprint density at radius 2 is 2.09 bits per heavy atom. The van der Waals surface area contributed by atoms with E-state index in [9.17, 15) is 0 Å². The highest BCUT2D eigenvalue weighted by molar-refractivity contribution is 5.56. The van der Waals surface area contributed by atoms with E-state index in [1.165, 1.54) is 62.0 Å². The van der Waals surface area contributed by atoms with Crippen LogP contribution in [0.15, 0.2) is 18.2 Å². The SMILES string of the molecule is CC1(C)CC2CC(C)(CN2CCc2ccc3c(c2)CCN3)C1. The lowest BCUT2D eigenvalue weighted by Gasteiger charge is -2.40. The molecule has 2 heteroatoms. The third-order valence-electron chi connectivity index (χ3n) is 6.09. The van der Waals surface area contributed by atoms with Gasteiger partial charge in [0.05, 0.1) is 0 Å². The van der Waals surface area contributed by atoms with Crippen LogP contribution in [0.4, 0.5) is 5.69 Å². The highest BCUT2D eigenvalue weighted by Crippen LogP contribution is 2.52. The lowest BCUT2D eigenvalue weighted by atomic mass is 9.65. The summed E-state index contributed by atoms with van der Waals surface area (Å²) in [5.41, 5.74) is 5.49. The molecule has 22 heavy (non-hydrogen) atoms. The van der Waals surface area contributed by atoms with Gasteiger partial charge in [-0.2, -0.15) is 0 Å². The first-order chi connectivity index (χ1) is 10.4. The van der Waals surface area contributed by atoms with Crippen LogP contribution in [0, 0.1) is 10.8 Å². The number of rotatable bonds is 3. The van der Waals surface area contributed by atoms with Crippen molar-refractivity contribution in [2.75, 3.05) is 25.0 Å². The predicted octanol–water partition coefficient (Wildman–Crippen LogP) is 4.10. The van der Waals surface area contributed by atoms with Crippen molar-refractivity contribution in [3.8, 4) is 0 Å². The Hall–Kier alpha value is -1.02. The van der Waals surface area contributed by atoms with Crippen molar-refractivity contribution < 1.29 is 0 Å². The van der Waals surface area contributed by atoms with Crippen molar-refractivity contribution in [2.24, 2.45) is 10.8 Å². The second-order valence-corrected chi connectivity index (χ2v) is 9.10. The summed E-state index contributed by atoms with van der Waals surface area (Å²) in [4.78, 5) is 2.79. The summed E-state index contributed by atoms with van der Waals surface area (Å²) < 4.78 is 0. The van der Waals surface area contributed by atoms with Gasteiger partial charge in [0.15, 0.2) is 0 Å². The van der Waals surface area contributed by atoms with Crippen LogP contribution in [0.2, 0.25) is 0 Å². The van der Waals surface area contributed by atoms with Crippen LogP contribution < -0.4 is 5.32 Å². The van der Waals surface area contributed by atoms with Crippen LogP contribution in [0.5, 0.6) is 0 Å². The van der Waals surface area contributed by atoms with Gasteiger partial charge < -0.3 is 5.32 Å². The number of anilines is 1. The third kappa shape index (κ3) is 2.67. The molecular weight excluding hydrogens is 268 g/mol. The van der Waals surface area contributed by atoms with E-state index in [4.69, 9.17) is 0 Å². The van der Waals surface area contributed by atoms with Gasteiger partial charge in [0.25, 0.3) is 0 Å². The normalized spacial score (nSPS) is 32.8. The first-order valence-corrected chi connectivity index (χ1v) is 9.02. The molecule has 2 aliphatic heterocycles. The lowest BCUT2D eigenvalue weighted by molar-refractivity contribution is 0.127. The minimum atomic E-state index is 0.533. The minimum absolute atomic E-state index is 0.533. The summed E-state index contributed by atoms with van der Waals surface area (Å²) in [7, 11) is 0. The fourth-order valence-corrected chi connectivity index (χ4v) is 5.62. The van der Waals surface area contributed by atoms with E-state index < -0.39 is 0 Å². The molecule has 2 fully saturated rings. The van der Waals surface area contributed by atoms with Gasteiger partial charge in [-0.3, -0.25) is 4.90 Å². The summed E-state index contributed by atoms with van der Waals surface area (Å²) in [5.74, 6) is 0. The van der Waals surface area contributed by atoms with Gasteiger partial charge in [-0.15, -0.1) is 0 Å². The number of hydrogen-bond donors (Lipinski definition) is 1. The van der Waals surface area contributed by atoms with Crippen LogP contribution in [-0.4, -0.2) is 30.6 Å². The number of fused-ring (bicyclic) bond motifs is 3. The molecule has 3 aliphatic rings. The van der Waals surface area contributed by atoms with Crippen LogP contribution >= 0.6 is 0 Å². The Balaban J connectivity index is 1.42. The Morgan fingerprint density at radius 1 is 1.23 bits per heavy atom. The standard InChI is InChI=1S/C20H30N2/c1-19(2)11-17-12-20(3,13-19)14-22(17)9-7-15-4-5-18-16(10-15)6-8-21-18/h4-5,10,17,21H,6-9,11-14H2,1-3H3. The van der Waals surface area contributed by atoms with Crippen molar-refractivity contribution >= 4 is 5.69 Å². The minimum Gasteiger partial charge on any atom is -0.384 e. The number of nitrogens with zero attached hydrogens (tertiary/aromatic N) is 1. The zero-order chi connectivity index (χ0) is 15.4. The summed E-state index contributed by atoms with van der Waals surface area (Å²) in [6.07, 6.45) is 6.61. The van der Waals surface area contributed by atoms with Gasteiger partial charge in [-0.05, 0) is 60.1 Å². The van der Waals surface area contributed by atoms with Crippen LogP contribution in [0.25, 0.3) is 0 Å². The van der Waals surface area contributed by atoms with E-state index in [2.05, 4.69) is 49.2 Å². The summed E-state index contributed by atoms with van der Waals surface area (Å²) in [6, 6.07) is 7.86. The average Bonchev–Trinajstić information content (AvgIpc) is 2.96. The van der Waals surface area contributed by atoms with Crippen molar-refractivity contribution in [1.29, 1.82) is 0 Å². The number of likely N-dealkylation sites (tertiary alicyclic amines) is 1. The first kappa shape index (κ1) is 14.6. The molecule has 1 aromatic carbocycles. The van der Waals surface area contributed by atoms with Gasteiger partial charge >= 0.3 is 0 Å². The van der Waals surface area contributed by atoms with Crippen LogP contribution in [-0.2, 0) is 12.8 Å². The molecular formula is C20H30N2. The lowest BCUT2D eigenvalue weighted by Crippen LogP contribution is -2.35. The quantitative estimate of drug-likeness (QED) is 0.904. The summed E-state index contributed by atoms with van der Waals surface area (Å²) >= 11 is 0. The van der Waals surface area contributed by atoms with Gasteiger partial charge in [-0.1, -0.05) is 32.9 Å². The van der Waals surface area contributed by atoms with E-state index >= 15 is 0 Å². The van der Waals surface area contributed by atoms with Gasteiger partial charge in [0, 0.05) is 31.4 Å².